The lowest BCUT2D eigenvalue weighted by molar-refractivity contribution is 0.215. The molecule has 1 aliphatic heterocycles. The largest absolute Gasteiger partial charge is 0.496 e. The first-order valence-electron chi connectivity index (χ1n) is 9.77. The van der Waals surface area contributed by atoms with Crippen LogP contribution in [0.3, 0.4) is 0 Å². The predicted molar refractivity (Wildman–Crippen MR) is 113 cm³/mol. The van der Waals surface area contributed by atoms with Gasteiger partial charge < -0.3 is 19.1 Å². The van der Waals surface area contributed by atoms with Crippen LogP contribution in [0, 0.1) is 0 Å². The molecule has 4 aromatic rings. The molecular formula is C22H21N5O3. The highest BCUT2D eigenvalue weighted by atomic mass is 16.5. The van der Waals surface area contributed by atoms with E-state index in [0.29, 0.717) is 18.4 Å². The number of nitrogens with zero attached hydrogens (tertiary/aromatic N) is 5. The van der Waals surface area contributed by atoms with Gasteiger partial charge in [0, 0.05) is 13.0 Å². The molecule has 0 N–H and O–H groups in total. The molecule has 2 aromatic carbocycles. The Kier molecular flexibility index (Phi) is 4.66. The molecule has 2 aromatic heterocycles. The molecule has 0 amide bonds. The molecule has 30 heavy (non-hydrogen) atoms. The summed E-state index contributed by atoms with van der Waals surface area (Å²) < 4.78 is 17.0. The lowest BCUT2D eigenvalue weighted by atomic mass is 10.2. The fourth-order valence-corrected chi connectivity index (χ4v) is 3.79. The van der Waals surface area contributed by atoms with Gasteiger partial charge in [0.2, 0.25) is 5.88 Å². The summed E-state index contributed by atoms with van der Waals surface area (Å²) in [6, 6.07) is 13.8. The van der Waals surface area contributed by atoms with Crippen molar-refractivity contribution in [3.05, 3.63) is 48.7 Å². The average molecular weight is 403 g/mol. The van der Waals surface area contributed by atoms with Crippen molar-refractivity contribution in [3.63, 3.8) is 0 Å². The molecule has 0 radical (unpaired) electrons. The van der Waals surface area contributed by atoms with E-state index in [1.165, 1.54) is 0 Å². The zero-order valence-corrected chi connectivity index (χ0v) is 16.8. The molecule has 1 atom stereocenters. The van der Waals surface area contributed by atoms with Crippen molar-refractivity contribution < 1.29 is 14.2 Å². The smallest absolute Gasteiger partial charge is 0.318 e. The number of anilines is 1. The maximum atomic E-state index is 6.14. The van der Waals surface area contributed by atoms with Crippen molar-refractivity contribution in [2.75, 3.05) is 32.2 Å². The standard InChI is InChI=1S/C22H21N5O3/c1-28-18-9-5-8-17-20(18)21(26-22(25-17)29-2)27-11-10-14(13-27)30-19-12-23-15-6-3-4-7-16(15)24-19/h3-9,12,14H,10-11,13H2,1-2H3. The molecule has 1 fully saturated rings. The van der Waals surface area contributed by atoms with Crippen molar-refractivity contribution >= 4 is 27.8 Å². The van der Waals surface area contributed by atoms with Gasteiger partial charge in [-0.25, -0.2) is 9.97 Å². The second kappa shape index (κ2) is 7.62. The van der Waals surface area contributed by atoms with Crippen LogP contribution in [-0.4, -0.2) is 53.3 Å². The van der Waals surface area contributed by atoms with E-state index in [1.807, 2.05) is 42.5 Å². The number of methoxy groups -OCH3 is 2. The van der Waals surface area contributed by atoms with Gasteiger partial charge in [0.05, 0.1) is 48.9 Å². The fourth-order valence-electron chi connectivity index (χ4n) is 3.79. The van der Waals surface area contributed by atoms with Gasteiger partial charge in [-0.15, -0.1) is 0 Å². The zero-order valence-electron chi connectivity index (χ0n) is 16.8. The van der Waals surface area contributed by atoms with Gasteiger partial charge in [0.1, 0.15) is 17.7 Å². The van der Waals surface area contributed by atoms with Crippen molar-refractivity contribution in [2.45, 2.75) is 12.5 Å². The molecule has 8 heteroatoms. The van der Waals surface area contributed by atoms with Crippen molar-refractivity contribution in [1.29, 1.82) is 0 Å². The first-order valence-corrected chi connectivity index (χ1v) is 9.77. The number of hydrogen-bond donors (Lipinski definition) is 0. The molecule has 3 heterocycles. The molecule has 5 rings (SSSR count). The Morgan fingerprint density at radius 2 is 1.73 bits per heavy atom. The average Bonchev–Trinajstić information content (AvgIpc) is 3.26. The predicted octanol–water partition coefficient (Wildman–Crippen LogP) is 3.25. The van der Waals surface area contributed by atoms with Gasteiger partial charge in [-0.2, -0.15) is 9.97 Å². The number of hydrogen-bond acceptors (Lipinski definition) is 8. The number of ether oxygens (including phenoxy) is 3. The fraction of sp³-hybridized carbons (Fsp3) is 0.273. The van der Waals surface area contributed by atoms with E-state index in [0.717, 1.165) is 46.5 Å². The van der Waals surface area contributed by atoms with Crippen LogP contribution in [0.15, 0.2) is 48.7 Å². The third-order valence-corrected chi connectivity index (χ3v) is 5.21. The van der Waals surface area contributed by atoms with E-state index < -0.39 is 0 Å². The van der Waals surface area contributed by atoms with Gasteiger partial charge in [-0.3, -0.25) is 0 Å². The van der Waals surface area contributed by atoms with Gasteiger partial charge in [-0.1, -0.05) is 18.2 Å². The number of fused-ring (bicyclic) bond motifs is 2. The Morgan fingerprint density at radius 3 is 2.57 bits per heavy atom. The summed E-state index contributed by atoms with van der Waals surface area (Å²) >= 11 is 0. The van der Waals surface area contributed by atoms with Crippen LogP contribution in [0.25, 0.3) is 21.9 Å². The second-order valence-electron chi connectivity index (χ2n) is 7.06. The lowest BCUT2D eigenvalue weighted by Gasteiger charge is -2.21. The second-order valence-corrected chi connectivity index (χ2v) is 7.06. The quantitative estimate of drug-likeness (QED) is 0.502. The van der Waals surface area contributed by atoms with E-state index in [-0.39, 0.29) is 6.10 Å². The molecule has 0 bridgehead atoms. The third kappa shape index (κ3) is 3.30. The lowest BCUT2D eigenvalue weighted by Crippen LogP contribution is -2.26. The Balaban J connectivity index is 1.43. The highest BCUT2D eigenvalue weighted by Gasteiger charge is 2.28. The van der Waals surface area contributed by atoms with Crippen LogP contribution >= 0.6 is 0 Å². The molecule has 152 valence electrons. The van der Waals surface area contributed by atoms with Crippen molar-refractivity contribution in [1.82, 2.24) is 19.9 Å². The van der Waals surface area contributed by atoms with E-state index in [9.17, 15) is 0 Å². The zero-order chi connectivity index (χ0) is 20.5. The van der Waals surface area contributed by atoms with Gasteiger partial charge in [0.25, 0.3) is 0 Å². The SMILES string of the molecule is COc1nc(N2CCC(Oc3cnc4ccccc4n3)C2)c2c(OC)cccc2n1. The molecule has 1 saturated heterocycles. The molecule has 1 unspecified atom stereocenters. The summed E-state index contributed by atoms with van der Waals surface area (Å²) in [5.74, 6) is 2.04. The van der Waals surface area contributed by atoms with Crippen LogP contribution in [0.1, 0.15) is 6.42 Å². The molecule has 8 nitrogen and oxygen atoms in total. The third-order valence-electron chi connectivity index (χ3n) is 5.21. The summed E-state index contributed by atoms with van der Waals surface area (Å²) in [5.41, 5.74) is 2.45. The topological polar surface area (TPSA) is 82.5 Å². The Bertz CT molecular complexity index is 1220. The molecule has 1 aliphatic rings. The molecule has 0 spiro atoms. The minimum absolute atomic E-state index is 0.0221. The summed E-state index contributed by atoms with van der Waals surface area (Å²) in [5, 5.41) is 0.868. The number of benzene rings is 2. The van der Waals surface area contributed by atoms with E-state index >= 15 is 0 Å². The van der Waals surface area contributed by atoms with Crippen molar-refractivity contribution in [3.8, 4) is 17.6 Å². The van der Waals surface area contributed by atoms with Gasteiger partial charge >= 0.3 is 6.01 Å². The first-order chi connectivity index (χ1) is 14.7. The molecule has 0 aliphatic carbocycles. The Hall–Kier alpha value is -3.68. The Morgan fingerprint density at radius 1 is 0.900 bits per heavy atom. The summed E-state index contributed by atoms with van der Waals surface area (Å²) in [6.07, 6.45) is 2.50. The summed E-state index contributed by atoms with van der Waals surface area (Å²) in [4.78, 5) is 20.3. The first kappa shape index (κ1) is 18.4. The molecule has 0 saturated carbocycles. The maximum Gasteiger partial charge on any atom is 0.318 e. The van der Waals surface area contributed by atoms with E-state index in [4.69, 9.17) is 14.2 Å². The van der Waals surface area contributed by atoms with Crippen LogP contribution < -0.4 is 19.1 Å². The highest BCUT2D eigenvalue weighted by molar-refractivity contribution is 5.95. The minimum Gasteiger partial charge on any atom is -0.496 e. The van der Waals surface area contributed by atoms with Crippen LogP contribution in [-0.2, 0) is 0 Å². The van der Waals surface area contributed by atoms with E-state index in [1.54, 1.807) is 20.4 Å². The van der Waals surface area contributed by atoms with Crippen LogP contribution in [0.4, 0.5) is 5.82 Å². The van der Waals surface area contributed by atoms with Crippen molar-refractivity contribution in [2.24, 2.45) is 0 Å². The monoisotopic (exact) mass is 403 g/mol. The minimum atomic E-state index is -0.0221. The normalized spacial score (nSPS) is 16.2. The number of para-hydroxylation sites is 2. The molecular weight excluding hydrogens is 382 g/mol. The maximum absolute atomic E-state index is 6.14. The van der Waals surface area contributed by atoms with Crippen LogP contribution in [0.5, 0.6) is 17.6 Å². The van der Waals surface area contributed by atoms with Gasteiger partial charge in [-0.05, 0) is 24.3 Å². The Labute approximate surface area is 173 Å². The van der Waals surface area contributed by atoms with Gasteiger partial charge in [0.15, 0.2) is 0 Å². The summed E-state index contributed by atoms with van der Waals surface area (Å²) in [7, 11) is 3.22. The number of rotatable bonds is 5. The van der Waals surface area contributed by atoms with E-state index in [2.05, 4.69) is 24.8 Å². The highest BCUT2D eigenvalue weighted by Crippen LogP contribution is 2.35. The number of aromatic nitrogens is 4. The van der Waals surface area contributed by atoms with Crippen LogP contribution in [0.2, 0.25) is 0 Å². The summed E-state index contributed by atoms with van der Waals surface area (Å²) in [6.45, 7) is 1.46.